The van der Waals surface area contributed by atoms with Crippen LogP contribution in [0.3, 0.4) is 0 Å². The van der Waals surface area contributed by atoms with Gasteiger partial charge in [-0.3, -0.25) is 9.69 Å². The van der Waals surface area contributed by atoms with Crippen molar-refractivity contribution in [2.75, 3.05) is 51.3 Å². The molecule has 23 heavy (non-hydrogen) atoms. The lowest BCUT2D eigenvalue weighted by Gasteiger charge is -2.34. The van der Waals surface area contributed by atoms with Crippen LogP contribution < -0.4 is 15.0 Å². The summed E-state index contributed by atoms with van der Waals surface area (Å²) in [5.41, 5.74) is 1.03. The number of aromatic nitrogens is 1. The van der Waals surface area contributed by atoms with Gasteiger partial charge in [0.1, 0.15) is 5.75 Å². The van der Waals surface area contributed by atoms with Crippen LogP contribution in [-0.2, 0) is 4.79 Å². The minimum Gasteiger partial charge on any atom is -0.497 e. The number of carbonyl (C=O) groups is 1. The summed E-state index contributed by atoms with van der Waals surface area (Å²) in [7, 11) is 1.68. The molecule has 2 aromatic rings. The fourth-order valence-corrected chi connectivity index (χ4v) is 3.75. The van der Waals surface area contributed by atoms with Gasteiger partial charge in [0.05, 0.1) is 17.3 Å². The molecule has 1 aromatic carbocycles. The van der Waals surface area contributed by atoms with Crippen molar-refractivity contribution in [2.24, 2.45) is 0 Å². The van der Waals surface area contributed by atoms with Gasteiger partial charge in [-0.25, -0.2) is 4.98 Å². The molecule has 6 nitrogen and oxygen atoms in total. The minimum atomic E-state index is 0.0357. The van der Waals surface area contributed by atoms with Crippen LogP contribution in [0.15, 0.2) is 18.2 Å². The monoisotopic (exact) mass is 334 g/mol. The molecule has 0 radical (unpaired) electrons. The summed E-state index contributed by atoms with van der Waals surface area (Å²) in [5, 5.41) is 3.93. The van der Waals surface area contributed by atoms with Crippen molar-refractivity contribution in [3.63, 3.8) is 0 Å². The number of ether oxygens (including phenoxy) is 1. The topological polar surface area (TPSA) is 57.7 Å². The van der Waals surface area contributed by atoms with E-state index in [0.717, 1.165) is 60.4 Å². The first-order chi connectivity index (χ1) is 11.2. The van der Waals surface area contributed by atoms with E-state index in [9.17, 15) is 4.79 Å². The fourth-order valence-electron chi connectivity index (χ4n) is 2.71. The molecular formula is C16H22N4O2S. The minimum absolute atomic E-state index is 0.0357. The number of amides is 1. The largest absolute Gasteiger partial charge is 0.497 e. The summed E-state index contributed by atoms with van der Waals surface area (Å²) in [6.07, 6.45) is 0. The number of fused-ring (bicyclic) bond motifs is 1. The molecule has 1 amide bonds. The van der Waals surface area contributed by atoms with E-state index in [4.69, 9.17) is 9.72 Å². The summed E-state index contributed by atoms with van der Waals surface area (Å²) >= 11 is 1.72. The predicted octanol–water partition coefficient (Wildman–Crippen LogP) is 1.56. The van der Waals surface area contributed by atoms with Gasteiger partial charge in [0.2, 0.25) is 5.91 Å². The molecule has 0 spiro atoms. The quantitative estimate of drug-likeness (QED) is 0.899. The maximum Gasteiger partial charge on any atom is 0.216 e. The molecule has 0 unspecified atom stereocenters. The third kappa shape index (κ3) is 3.92. The van der Waals surface area contributed by atoms with Crippen molar-refractivity contribution in [1.82, 2.24) is 15.2 Å². The first-order valence-corrected chi connectivity index (χ1v) is 8.63. The zero-order chi connectivity index (χ0) is 16.2. The van der Waals surface area contributed by atoms with E-state index in [1.165, 1.54) is 0 Å². The summed E-state index contributed by atoms with van der Waals surface area (Å²) < 4.78 is 6.43. The first kappa shape index (κ1) is 16.0. The maximum absolute atomic E-state index is 10.9. The molecule has 0 saturated carbocycles. The number of carbonyl (C=O) groups excluding carboxylic acids is 1. The molecule has 0 bridgehead atoms. The Balaban J connectivity index is 1.58. The number of piperazine rings is 1. The second-order valence-corrected chi connectivity index (χ2v) is 6.65. The van der Waals surface area contributed by atoms with Gasteiger partial charge in [0.25, 0.3) is 0 Å². The first-order valence-electron chi connectivity index (χ1n) is 7.82. The Labute approximate surface area is 140 Å². The van der Waals surface area contributed by atoms with Crippen LogP contribution in [0.5, 0.6) is 5.75 Å². The number of nitrogens with one attached hydrogen (secondary N) is 1. The molecule has 1 aliphatic heterocycles. The van der Waals surface area contributed by atoms with E-state index in [-0.39, 0.29) is 5.91 Å². The molecule has 1 aromatic heterocycles. The number of anilines is 1. The van der Waals surface area contributed by atoms with Crippen molar-refractivity contribution in [2.45, 2.75) is 6.92 Å². The normalized spacial score (nSPS) is 15.8. The van der Waals surface area contributed by atoms with Crippen molar-refractivity contribution in [3.05, 3.63) is 18.2 Å². The van der Waals surface area contributed by atoms with Gasteiger partial charge in [0.15, 0.2) is 5.13 Å². The zero-order valence-corrected chi connectivity index (χ0v) is 14.4. The zero-order valence-electron chi connectivity index (χ0n) is 13.5. The Kier molecular flexibility index (Phi) is 4.97. The molecule has 1 saturated heterocycles. The molecule has 0 aliphatic carbocycles. The van der Waals surface area contributed by atoms with Gasteiger partial charge >= 0.3 is 0 Å². The van der Waals surface area contributed by atoms with Crippen LogP contribution in [0.4, 0.5) is 5.13 Å². The highest BCUT2D eigenvalue weighted by Gasteiger charge is 2.19. The smallest absolute Gasteiger partial charge is 0.216 e. The molecule has 7 heteroatoms. The summed E-state index contributed by atoms with van der Waals surface area (Å²) in [6, 6.07) is 6.00. The highest BCUT2D eigenvalue weighted by molar-refractivity contribution is 7.22. The average Bonchev–Trinajstić information content (AvgIpc) is 2.98. The number of benzene rings is 1. The number of hydrogen-bond acceptors (Lipinski definition) is 6. The number of rotatable bonds is 5. The van der Waals surface area contributed by atoms with Crippen LogP contribution in [0.25, 0.3) is 10.2 Å². The molecule has 1 aliphatic rings. The lowest BCUT2D eigenvalue weighted by molar-refractivity contribution is -0.119. The summed E-state index contributed by atoms with van der Waals surface area (Å²) in [6.45, 7) is 7.12. The predicted molar refractivity (Wildman–Crippen MR) is 93.5 cm³/mol. The lowest BCUT2D eigenvalue weighted by atomic mass is 10.3. The van der Waals surface area contributed by atoms with E-state index in [2.05, 4.69) is 15.1 Å². The SMILES string of the molecule is COc1ccc2nc(N3CCN(CCNC(C)=O)CC3)sc2c1. The molecule has 0 atom stereocenters. The number of methoxy groups -OCH3 is 1. The summed E-state index contributed by atoms with van der Waals surface area (Å²) in [4.78, 5) is 20.4. The van der Waals surface area contributed by atoms with E-state index >= 15 is 0 Å². The standard InChI is InChI=1S/C16H22N4O2S/c1-12(21)17-5-6-19-7-9-20(10-8-19)16-18-14-4-3-13(22-2)11-15(14)23-16/h3-4,11H,5-10H2,1-2H3,(H,17,21). The van der Waals surface area contributed by atoms with Gasteiger partial charge in [-0.1, -0.05) is 11.3 Å². The van der Waals surface area contributed by atoms with Crippen LogP contribution in [0.1, 0.15) is 6.92 Å². The Morgan fingerprint density at radius 1 is 1.35 bits per heavy atom. The Hall–Kier alpha value is -1.86. The summed E-state index contributed by atoms with van der Waals surface area (Å²) in [5.74, 6) is 0.907. The van der Waals surface area contributed by atoms with Crippen LogP contribution in [0, 0.1) is 0 Å². The van der Waals surface area contributed by atoms with Crippen LogP contribution in [-0.4, -0.2) is 62.2 Å². The van der Waals surface area contributed by atoms with E-state index < -0.39 is 0 Å². The molecule has 2 heterocycles. The van der Waals surface area contributed by atoms with E-state index in [1.54, 1.807) is 25.4 Å². The van der Waals surface area contributed by atoms with Crippen molar-refractivity contribution >= 4 is 32.6 Å². The third-order valence-electron chi connectivity index (χ3n) is 4.03. The van der Waals surface area contributed by atoms with Gasteiger partial charge in [-0.2, -0.15) is 0 Å². The average molecular weight is 334 g/mol. The second-order valence-electron chi connectivity index (χ2n) is 5.64. The van der Waals surface area contributed by atoms with Gasteiger partial charge in [-0.05, 0) is 18.2 Å². The molecule has 1 N–H and O–H groups in total. The van der Waals surface area contributed by atoms with Crippen molar-refractivity contribution in [3.8, 4) is 5.75 Å². The van der Waals surface area contributed by atoms with E-state index in [0.29, 0.717) is 0 Å². The third-order valence-corrected chi connectivity index (χ3v) is 5.11. The molecule has 124 valence electrons. The molecule has 1 fully saturated rings. The Morgan fingerprint density at radius 3 is 2.83 bits per heavy atom. The van der Waals surface area contributed by atoms with Crippen LogP contribution >= 0.6 is 11.3 Å². The van der Waals surface area contributed by atoms with Crippen molar-refractivity contribution < 1.29 is 9.53 Å². The molecule has 3 rings (SSSR count). The fraction of sp³-hybridized carbons (Fsp3) is 0.500. The van der Waals surface area contributed by atoms with Crippen molar-refractivity contribution in [1.29, 1.82) is 0 Å². The second kappa shape index (κ2) is 7.14. The Morgan fingerprint density at radius 2 is 2.13 bits per heavy atom. The Bertz CT molecular complexity index is 680. The number of nitrogens with zero attached hydrogens (tertiary/aromatic N) is 3. The number of hydrogen-bond donors (Lipinski definition) is 1. The highest BCUT2D eigenvalue weighted by atomic mass is 32.1. The number of thiazole rings is 1. The maximum atomic E-state index is 10.9. The van der Waals surface area contributed by atoms with Gasteiger partial charge < -0.3 is 15.0 Å². The lowest BCUT2D eigenvalue weighted by Crippen LogP contribution is -2.48. The van der Waals surface area contributed by atoms with Gasteiger partial charge in [-0.15, -0.1) is 0 Å². The van der Waals surface area contributed by atoms with Crippen LogP contribution in [0.2, 0.25) is 0 Å². The highest BCUT2D eigenvalue weighted by Crippen LogP contribution is 2.31. The van der Waals surface area contributed by atoms with Gasteiger partial charge in [0, 0.05) is 46.2 Å². The molecular weight excluding hydrogens is 312 g/mol. The van der Waals surface area contributed by atoms with E-state index in [1.807, 2.05) is 18.2 Å².